The van der Waals surface area contributed by atoms with E-state index in [9.17, 15) is 18.3 Å². The minimum absolute atomic E-state index is 0.0661. The second kappa shape index (κ2) is 5.13. The Balaban J connectivity index is 2.98. The highest BCUT2D eigenvalue weighted by molar-refractivity contribution is 7.91. The Hall–Kier alpha value is -1.96. The van der Waals surface area contributed by atoms with E-state index < -0.39 is 16.3 Å². The lowest BCUT2D eigenvalue weighted by atomic mass is 10.1. The van der Waals surface area contributed by atoms with Crippen molar-refractivity contribution in [3.8, 4) is 5.75 Å². The van der Waals surface area contributed by atoms with Crippen LogP contribution in [-0.4, -0.2) is 26.7 Å². The maximum absolute atomic E-state index is 11.5. The molecular formula is C10H14N2O5S. The first-order valence-electron chi connectivity index (χ1n) is 4.94. The topological polar surface area (TPSA) is 105 Å². The number of nitrogens with one attached hydrogen (secondary N) is 2. The standard InChI is InChI=1S/C10H14N2O5S/c1-6-5-9(13)7(2)4-8(6)11-18(15,16)12-10(14)17-3/h4-5,11,13H,1-3H3,(H,12,14). The van der Waals surface area contributed by atoms with Gasteiger partial charge in [0.1, 0.15) is 5.75 Å². The Bertz CT molecular complexity index is 568. The van der Waals surface area contributed by atoms with E-state index in [1.54, 1.807) is 18.6 Å². The molecule has 0 aliphatic carbocycles. The molecule has 0 atom stereocenters. The fourth-order valence-electron chi connectivity index (χ4n) is 1.23. The molecule has 8 heteroatoms. The van der Waals surface area contributed by atoms with Crippen molar-refractivity contribution in [1.82, 2.24) is 4.72 Å². The Labute approximate surface area is 105 Å². The number of carbonyl (C=O) groups excluding carboxylic acids is 1. The Morgan fingerprint density at radius 1 is 1.28 bits per heavy atom. The van der Waals surface area contributed by atoms with E-state index in [2.05, 4.69) is 9.46 Å². The number of methoxy groups -OCH3 is 1. The number of aryl methyl sites for hydroxylation is 2. The molecule has 0 aliphatic rings. The summed E-state index contributed by atoms with van der Waals surface area (Å²) in [7, 11) is -3.00. The van der Waals surface area contributed by atoms with Gasteiger partial charge in [0.05, 0.1) is 12.8 Å². The molecule has 1 aromatic carbocycles. The first-order valence-corrected chi connectivity index (χ1v) is 6.42. The number of phenolic OH excluding ortho intramolecular Hbond substituents is 1. The average Bonchev–Trinajstić information content (AvgIpc) is 2.24. The molecule has 0 spiro atoms. The summed E-state index contributed by atoms with van der Waals surface area (Å²) in [5.41, 5.74) is 1.30. The van der Waals surface area contributed by atoms with Gasteiger partial charge in [-0.3, -0.25) is 4.72 Å². The first kappa shape index (κ1) is 14.1. The van der Waals surface area contributed by atoms with Gasteiger partial charge in [0, 0.05) is 0 Å². The van der Waals surface area contributed by atoms with E-state index in [-0.39, 0.29) is 11.4 Å². The van der Waals surface area contributed by atoms with Crippen molar-refractivity contribution in [2.45, 2.75) is 13.8 Å². The van der Waals surface area contributed by atoms with Crippen LogP contribution in [-0.2, 0) is 14.9 Å². The molecule has 100 valence electrons. The molecule has 0 aromatic heterocycles. The lowest BCUT2D eigenvalue weighted by Crippen LogP contribution is -2.35. The van der Waals surface area contributed by atoms with Crippen molar-refractivity contribution in [3.63, 3.8) is 0 Å². The molecule has 3 N–H and O–H groups in total. The van der Waals surface area contributed by atoms with Crippen molar-refractivity contribution in [2.75, 3.05) is 11.8 Å². The molecule has 0 radical (unpaired) electrons. The number of anilines is 1. The molecule has 0 heterocycles. The smallest absolute Gasteiger partial charge is 0.422 e. The molecule has 1 aromatic rings. The molecule has 0 saturated carbocycles. The van der Waals surface area contributed by atoms with Gasteiger partial charge in [-0.15, -0.1) is 0 Å². The second-order valence-electron chi connectivity index (χ2n) is 3.65. The number of hydrogen-bond donors (Lipinski definition) is 3. The Morgan fingerprint density at radius 3 is 2.44 bits per heavy atom. The van der Waals surface area contributed by atoms with Gasteiger partial charge in [-0.1, -0.05) is 0 Å². The van der Waals surface area contributed by atoms with Crippen LogP contribution in [0.3, 0.4) is 0 Å². The minimum atomic E-state index is -4.05. The van der Waals surface area contributed by atoms with Gasteiger partial charge in [0.2, 0.25) is 0 Å². The fourth-order valence-corrected chi connectivity index (χ4v) is 2.10. The van der Waals surface area contributed by atoms with Crippen LogP contribution in [0.25, 0.3) is 0 Å². The zero-order chi connectivity index (χ0) is 13.9. The first-order chi connectivity index (χ1) is 8.25. The number of phenols is 1. The maximum Gasteiger partial charge on any atom is 0.422 e. The number of aromatic hydroxyl groups is 1. The number of amides is 1. The Kier molecular flexibility index (Phi) is 4.02. The number of hydrogen-bond acceptors (Lipinski definition) is 5. The summed E-state index contributed by atoms with van der Waals surface area (Å²) in [6, 6.07) is 2.88. The largest absolute Gasteiger partial charge is 0.508 e. The number of rotatable bonds is 3. The van der Waals surface area contributed by atoms with Crippen LogP contribution in [0.4, 0.5) is 10.5 Å². The molecule has 18 heavy (non-hydrogen) atoms. The van der Waals surface area contributed by atoms with Gasteiger partial charge >= 0.3 is 16.3 Å². The Morgan fingerprint density at radius 2 is 1.89 bits per heavy atom. The lowest BCUT2D eigenvalue weighted by Gasteiger charge is -2.12. The highest BCUT2D eigenvalue weighted by atomic mass is 32.2. The van der Waals surface area contributed by atoms with E-state index in [0.717, 1.165) is 7.11 Å². The fraction of sp³-hybridized carbons (Fsp3) is 0.300. The van der Waals surface area contributed by atoms with E-state index >= 15 is 0 Å². The molecule has 0 unspecified atom stereocenters. The molecule has 0 bridgehead atoms. The lowest BCUT2D eigenvalue weighted by molar-refractivity contribution is 0.177. The molecule has 1 rings (SSSR count). The third-order valence-electron chi connectivity index (χ3n) is 2.19. The number of benzene rings is 1. The van der Waals surface area contributed by atoms with Gasteiger partial charge in [0.25, 0.3) is 0 Å². The maximum atomic E-state index is 11.5. The van der Waals surface area contributed by atoms with Gasteiger partial charge in [-0.25, -0.2) is 9.52 Å². The molecule has 0 saturated heterocycles. The van der Waals surface area contributed by atoms with Crippen molar-refractivity contribution < 1.29 is 23.1 Å². The van der Waals surface area contributed by atoms with Gasteiger partial charge in [-0.2, -0.15) is 8.42 Å². The van der Waals surface area contributed by atoms with Crippen molar-refractivity contribution in [1.29, 1.82) is 0 Å². The van der Waals surface area contributed by atoms with Gasteiger partial charge in [-0.05, 0) is 37.1 Å². The van der Waals surface area contributed by atoms with E-state index in [1.807, 2.05) is 0 Å². The van der Waals surface area contributed by atoms with Crippen LogP contribution < -0.4 is 9.44 Å². The van der Waals surface area contributed by atoms with Crippen LogP contribution >= 0.6 is 0 Å². The van der Waals surface area contributed by atoms with Gasteiger partial charge in [0.15, 0.2) is 0 Å². The van der Waals surface area contributed by atoms with Crippen LogP contribution in [0.5, 0.6) is 5.75 Å². The highest BCUT2D eigenvalue weighted by Gasteiger charge is 2.16. The number of carbonyl (C=O) groups is 1. The highest BCUT2D eigenvalue weighted by Crippen LogP contribution is 2.25. The van der Waals surface area contributed by atoms with Crippen molar-refractivity contribution in [2.24, 2.45) is 0 Å². The van der Waals surface area contributed by atoms with Crippen LogP contribution in [0, 0.1) is 13.8 Å². The number of ether oxygens (including phenoxy) is 1. The van der Waals surface area contributed by atoms with E-state index in [1.165, 1.54) is 12.1 Å². The summed E-state index contributed by atoms with van der Waals surface area (Å²) in [6.45, 7) is 3.25. The zero-order valence-electron chi connectivity index (χ0n) is 10.1. The molecule has 0 aliphatic heterocycles. The summed E-state index contributed by atoms with van der Waals surface area (Å²) in [6.07, 6.45) is -1.09. The summed E-state index contributed by atoms with van der Waals surface area (Å²) in [4.78, 5) is 10.8. The average molecular weight is 274 g/mol. The summed E-state index contributed by atoms with van der Waals surface area (Å²) in [5, 5.41) is 9.44. The quantitative estimate of drug-likeness (QED) is 0.714. The third-order valence-corrected chi connectivity index (χ3v) is 3.11. The van der Waals surface area contributed by atoms with Crippen LogP contribution in [0.2, 0.25) is 0 Å². The zero-order valence-corrected chi connectivity index (χ0v) is 11.0. The summed E-state index contributed by atoms with van der Waals surface area (Å²) in [5.74, 6) is 0.0661. The SMILES string of the molecule is COC(=O)NS(=O)(=O)Nc1cc(C)c(O)cc1C. The predicted octanol–water partition coefficient (Wildman–Crippen LogP) is 1.02. The predicted molar refractivity (Wildman–Crippen MR) is 65.7 cm³/mol. The van der Waals surface area contributed by atoms with Crippen molar-refractivity contribution in [3.05, 3.63) is 23.3 Å². The van der Waals surface area contributed by atoms with E-state index in [0.29, 0.717) is 11.1 Å². The monoisotopic (exact) mass is 274 g/mol. The molecule has 0 fully saturated rings. The normalized spacial score (nSPS) is 10.8. The summed E-state index contributed by atoms with van der Waals surface area (Å²) < 4.78 is 31.1. The van der Waals surface area contributed by atoms with Crippen LogP contribution in [0.15, 0.2) is 12.1 Å². The summed E-state index contributed by atoms with van der Waals surface area (Å²) >= 11 is 0. The van der Waals surface area contributed by atoms with Crippen LogP contribution in [0.1, 0.15) is 11.1 Å². The van der Waals surface area contributed by atoms with Crippen molar-refractivity contribution >= 4 is 22.0 Å². The van der Waals surface area contributed by atoms with E-state index in [4.69, 9.17) is 0 Å². The second-order valence-corrected chi connectivity index (χ2v) is 5.07. The minimum Gasteiger partial charge on any atom is -0.508 e. The molecule has 1 amide bonds. The molecular weight excluding hydrogens is 260 g/mol. The molecule has 7 nitrogen and oxygen atoms in total. The third kappa shape index (κ3) is 3.52. The van der Waals surface area contributed by atoms with Gasteiger partial charge < -0.3 is 9.84 Å².